The number of nitrogens with zero attached hydrogens (tertiary/aromatic N) is 1. The van der Waals surface area contributed by atoms with Gasteiger partial charge in [-0.3, -0.25) is 4.79 Å². The molecule has 0 spiro atoms. The standard InChI is InChI=1S/C29H37F2N3O3/c1-19(35)34-26(15-21-12-22(30)16-23(31)13-21)27(36)17-33-25-9-11-37-28-8-7-20(14-24(25)28)6-4-5-10-29(2,3)18-32/h7-8,12-14,16,25-27,33,36H,4-6,9-11,15,17H2,1-3H3,(H,34,35). The van der Waals surface area contributed by atoms with Crippen LogP contribution in [0.5, 0.6) is 5.75 Å². The van der Waals surface area contributed by atoms with Gasteiger partial charge in [-0.05, 0) is 68.9 Å². The Morgan fingerprint density at radius 2 is 1.92 bits per heavy atom. The number of nitriles is 1. The van der Waals surface area contributed by atoms with Gasteiger partial charge < -0.3 is 20.5 Å². The molecule has 0 fully saturated rings. The number of amides is 1. The number of nitrogens with one attached hydrogen (secondary N) is 2. The van der Waals surface area contributed by atoms with Crippen molar-refractivity contribution in [2.75, 3.05) is 13.2 Å². The largest absolute Gasteiger partial charge is 0.493 e. The molecule has 0 bridgehead atoms. The third-order valence-electron chi connectivity index (χ3n) is 6.74. The average Bonchev–Trinajstić information content (AvgIpc) is 2.84. The maximum absolute atomic E-state index is 13.6. The lowest BCUT2D eigenvalue weighted by Gasteiger charge is -2.30. The molecule has 200 valence electrons. The summed E-state index contributed by atoms with van der Waals surface area (Å²) >= 11 is 0. The molecular weight excluding hydrogens is 476 g/mol. The molecule has 2 aromatic carbocycles. The Bertz CT molecular complexity index is 1100. The van der Waals surface area contributed by atoms with Crippen LogP contribution < -0.4 is 15.4 Å². The molecule has 0 aromatic heterocycles. The summed E-state index contributed by atoms with van der Waals surface area (Å²) in [4.78, 5) is 11.7. The Labute approximate surface area is 218 Å². The smallest absolute Gasteiger partial charge is 0.217 e. The van der Waals surface area contributed by atoms with Gasteiger partial charge in [0.15, 0.2) is 0 Å². The molecule has 37 heavy (non-hydrogen) atoms. The number of carbonyl (C=O) groups excluding carboxylic acids is 1. The van der Waals surface area contributed by atoms with Crippen LogP contribution in [0.1, 0.15) is 69.2 Å². The van der Waals surface area contributed by atoms with E-state index >= 15 is 0 Å². The second-order valence-electron chi connectivity index (χ2n) is 10.5. The van der Waals surface area contributed by atoms with Crippen molar-refractivity contribution >= 4 is 5.91 Å². The van der Waals surface area contributed by atoms with Crippen LogP contribution in [0.4, 0.5) is 8.78 Å². The summed E-state index contributed by atoms with van der Waals surface area (Å²) in [5.74, 6) is -0.929. The summed E-state index contributed by atoms with van der Waals surface area (Å²) in [6.45, 7) is 5.99. The summed E-state index contributed by atoms with van der Waals surface area (Å²) in [5, 5.41) is 26.2. The van der Waals surface area contributed by atoms with E-state index in [4.69, 9.17) is 4.74 Å². The Kier molecular flexibility index (Phi) is 10.0. The molecule has 3 N–H and O–H groups in total. The van der Waals surface area contributed by atoms with E-state index in [1.807, 2.05) is 19.9 Å². The van der Waals surface area contributed by atoms with Crippen molar-refractivity contribution < 1.29 is 23.4 Å². The molecule has 1 aliphatic heterocycles. The van der Waals surface area contributed by atoms with Gasteiger partial charge in [0.2, 0.25) is 5.91 Å². The number of ether oxygens (including phenoxy) is 1. The summed E-state index contributed by atoms with van der Waals surface area (Å²) < 4.78 is 33.1. The van der Waals surface area contributed by atoms with E-state index < -0.39 is 23.8 Å². The average molecular weight is 514 g/mol. The Morgan fingerprint density at radius 1 is 1.19 bits per heavy atom. The van der Waals surface area contributed by atoms with Crippen molar-refractivity contribution in [3.8, 4) is 11.8 Å². The van der Waals surface area contributed by atoms with E-state index in [9.17, 15) is 23.9 Å². The Balaban J connectivity index is 1.62. The van der Waals surface area contributed by atoms with Crippen LogP contribution in [-0.4, -0.2) is 36.3 Å². The molecule has 0 saturated heterocycles. The SMILES string of the molecule is CC(=O)NC(Cc1cc(F)cc(F)c1)C(O)CNC1CCOc2ccc(CCCCC(C)(C)C#N)cc21. The zero-order valence-corrected chi connectivity index (χ0v) is 21.8. The second kappa shape index (κ2) is 13.0. The fourth-order valence-electron chi connectivity index (χ4n) is 4.70. The predicted molar refractivity (Wildman–Crippen MR) is 138 cm³/mol. The molecule has 3 atom stereocenters. The molecule has 3 rings (SSSR count). The highest BCUT2D eigenvalue weighted by atomic mass is 19.1. The van der Waals surface area contributed by atoms with Gasteiger partial charge in [-0.1, -0.05) is 18.6 Å². The minimum Gasteiger partial charge on any atom is -0.493 e. The predicted octanol–water partition coefficient (Wildman–Crippen LogP) is 4.75. The molecular formula is C29H37F2N3O3. The van der Waals surface area contributed by atoms with Gasteiger partial charge in [0.1, 0.15) is 17.4 Å². The molecule has 0 aliphatic carbocycles. The van der Waals surface area contributed by atoms with Gasteiger partial charge in [0.05, 0.1) is 30.2 Å². The molecule has 6 nitrogen and oxygen atoms in total. The zero-order chi connectivity index (χ0) is 27.0. The van der Waals surface area contributed by atoms with Crippen LogP contribution in [-0.2, 0) is 17.6 Å². The first kappa shape index (κ1) is 28.5. The molecule has 1 heterocycles. The van der Waals surface area contributed by atoms with Crippen molar-refractivity contribution in [2.24, 2.45) is 5.41 Å². The third-order valence-corrected chi connectivity index (χ3v) is 6.74. The quantitative estimate of drug-likeness (QED) is 0.356. The van der Waals surface area contributed by atoms with Crippen LogP contribution in [0.25, 0.3) is 0 Å². The van der Waals surface area contributed by atoms with Crippen molar-refractivity contribution in [1.82, 2.24) is 10.6 Å². The van der Waals surface area contributed by atoms with Crippen molar-refractivity contribution in [2.45, 2.75) is 77.5 Å². The summed E-state index contributed by atoms with van der Waals surface area (Å²) in [6, 6.07) is 11.0. The van der Waals surface area contributed by atoms with Gasteiger partial charge in [-0.25, -0.2) is 8.78 Å². The molecule has 2 aromatic rings. The summed E-state index contributed by atoms with van der Waals surface area (Å²) in [6.07, 6.45) is 3.56. The van der Waals surface area contributed by atoms with Gasteiger partial charge in [-0.2, -0.15) is 5.26 Å². The van der Waals surface area contributed by atoms with Crippen molar-refractivity contribution in [3.05, 3.63) is 64.7 Å². The number of rotatable bonds is 12. The van der Waals surface area contributed by atoms with E-state index in [0.717, 1.165) is 49.5 Å². The maximum atomic E-state index is 13.6. The number of benzene rings is 2. The number of fused-ring (bicyclic) bond motifs is 1. The number of hydrogen-bond donors (Lipinski definition) is 3. The number of aliphatic hydroxyl groups excluding tert-OH is 1. The van der Waals surface area contributed by atoms with Crippen LogP contribution in [0.2, 0.25) is 0 Å². The Morgan fingerprint density at radius 3 is 2.59 bits per heavy atom. The summed E-state index contributed by atoms with van der Waals surface area (Å²) in [7, 11) is 0. The molecule has 0 radical (unpaired) electrons. The first-order valence-electron chi connectivity index (χ1n) is 12.9. The fourth-order valence-corrected chi connectivity index (χ4v) is 4.70. The second-order valence-corrected chi connectivity index (χ2v) is 10.5. The first-order chi connectivity index (χ1) is 17.6. The van der Waals surface area contributed by atoms with Crippen LogP contribution in [0.15, 0.2) is 36.4 Å². The molecule has 1 aliphatic rings. The van der Waals surface area contributed by atoms with Crippen molar-refractivity contribution in [1.29, 1.82) is 5.26 Å². The molecule has 8 heteroatoms. The van der Waals surface area contributed by atoms with Crippen LogP contribution in [0.3, 0.4) is 0 Å². The lowest BCUT2D eigenvalue weighted by atomic mass is 9.88. The van der Waals surface area contributed by atoms with Crippen molar-refractivity contribution in [3.63, 3.8) is 0 Å². The fraction of sp³-hybridized carbons (Fsp3) is 0.517. The van der Waals surface area contributed by atoms with E-state index in [1.54, 1.807) is 0 Å². The number of aliphatic hydroxyl groups is 1. The normalized spacial score (nSPS) is 16.7. The third kappa shape index (κ3) is 8.80. The van der Waals surface area contributed by atoms with E-state index in [1.165, 1.54) is 24.6 Å². The van der Waals surface area contributed by atoms with Gasteiger partial charge in [0, 0.05) is 37.6 Å². The molecule has 1 amide bonds. The minimum atomic E-state index is -0.979. The Hall–Kier alpha value is -3.02. The lowest BCUT2D eigenvalue weighted by Crippen LogP contribution is -2.48. The van der Waals surface area contributed by atoms with Gasteiger partial charge >= 0.3 is 0 Å². The van der Waals surface area contributed by atoms with E-state index in [2.05, 4.69) is 28.8 Å². The monoisotopic (exact) mass is 513 g/mol. The summed E-state index contributed by atoms with van der Waals surface area (Å²) in [5.41, 5.74) is 2.26. The van der Waals surface area contributed by atoms with Gasteiger partial charge in [0.25, 0.3) is 0 Å². The van der Waals surface area contributed by atoms with E-state index in [-0.39, 0.29) is 30.3 Å². The minimum absolute atomic E-state index is 0.0412. The van der Waals surface area contributed by atoms with Gasteiger partial charge in [-0.15, -0.1) is 0 Å². The number of hydrogen-bond acceptors (Lipinski definition) is 5. The lowest BCUT2D eigenvalue weighted by molar-refractivity contribution is -0.120. The van der Waals surface area contributed by atoms with E-state index in [0.29, 0.717) is 12.2 Å². The number of unbranched alkanes of at least 4 members (excludes halogenated alkanes) is 1. The maximum Gasteiger partial charge on any atom is 0.217 e. The van der Waals surface area contributed by atoms with Crippen LogP contribution in [0, 0.1) is 28.4 Å². The topological polar surface area (TPSA) is 94.4 Å². The number of halogens is 2. The first-order valence-corrected chi connectivity index (χ1v) is 12.9. The molecule has 3 unspecified atom stereocenters. The highest BCUT2D eigenvalue weighted by Gasteiger charge is 2.26. The molecule has 0 saturated carbocycles. The van der Waals surface area contributed by atoms with Crippen LogP contribution >= 0.6 is 0 Å². The number of aryl methyl sites for hydroxylation is 1. The zero-order valence-electron chi connectivity index (χ0n) is 21.8. The number of carbonyl (C=O) groups is 1. The highest BCUT2D eigenvalue weighted by molar-refractivity contribution is 5.73. The highest BCUT2D eigenvalue weighted by Crippen LogP contribution is 2.33.